The minimum Gasteiger partial charge on any atom is -0.381 e. The van der Waals surface area contributed by atoms with Crippen LogP contribution in [0.3, 0.4) is 0 Å². The summed E-state index contributed by atoms with van der Waals surface area (Å²) in [6, 6.07) is 10.2. The van der Waals surface area contributed by atoms with Crippen LogP contribution >= 0.6 is 11.6 Å². The molecule has 0 unspecified atom stereocenters. The maximum Gasteiger partial charge on any atom is 0.174 e. The first-order chi connectivity index (χ1) is 13.6. The Morgan fingerprint density at radius 2 is 2.00 bits per heavy atom. The molecule has 3 aromatic rings. The molecule has 1 N–H and O–H groups in total. The molecule has 4 rings (SSSR count). The van der Waals surface area contributed by atoms with Gasteiger partial charge in [0, 0.05) is 35.9 Å². The fourth-order valence-corrected chi connectivity index (χ4v) is 4.00. The van der Waals surface area contributed by atoms with E-state index < -0.39 is 0 Å². The van der Waals surface area contributed by atoms with E-state index in [9.17, 15) is 0 Å². The van der Waals surface area contributed by atoms with Crippen LogP contribution in [0.25, 0.3) is 5.82 Å². The van der Waals surface area contributed by atoms with Gasteiger partial charge in [0.15, 0.2) is 5.82 Å². The van der Waals surface area contributed by atoms with E-state index in [4.69, 9.17) is 21.3 Å². The topological polar surface area (TPSA) is 64.9 Å². The smallest absolute Gasteiger partial charge is 0.174 e. The Kier molecular flexibility index (Phi) is 5.33. The lowest BCUT2D eigenvalue weighted by Gasteiger charge is -2.38. The number of benzene rings is 1. The van der Waals surface area contributed by atoms with Gasteiger partial charge in [-0.1, -0.05) is 23.7 Å². The van der Waals surface area contributed by atoms with Crippen LogP contribution in [0.5, 0.6) is 0 Å². The summed E-state index contributed by atoms with van der Waals surface area (Å²) >= 11 is 6.26. The van der Waals surface area contributed by atoms with Gasteiger partial charge in [0.1, 0.15) is 5.82 Å². The summed E-state index contributed by atoms with van der Waals surface area (Å²) in [5, 5.41) is 8.75. The maximum absolute atomic E-state index is 6.26. The molecule has 0 bridgehead atoms. The van der Waals surface area contributed by atoms with Crippen LogP contribution in [0, 0.1) is 13.8 Å². The molecular weight excluding hydrogens is 374 g/mol. The van der Waals surface area contributed by atoms with E-state index in [1.54, 1.807) is 12.4 Å². The van der Waals surface area contributed by atoms with E-state index in [-0.39, 0.29) is 5.41 Å². The maximum atomic E-state index is 6.26. The third kappa shape index (κ3) is 3.88. The largest absolute Gasteiger partial charge is 0.381 e. The van der Waals surface area contributed by atoms with Gasteiger partial charge in [-0.2, -0.15) is 5.10 Å². The molecule has 3 heterocycles. The van der Waals surface area contributed by atoms with Crippen LogP contribution in [0.4, 0.5) is 5.82 Å². The van der Waals surface area contributed by atoms with Crippen molar-refractivity contribution in [3.05, 3.63) is 64.7 Å². The zero-order valence-electron chi connectivity index (χ0n) is 16.2. The average molecular weight is 398 g/mol. The molecule has 7 heteroatoms. The predicted molar refractivity (Wildman–Crippen MR) is 110 cm³/mol. The fraction of sp³-hybridized carbons (Fsp3) is 0.381. The van der Waals surface area contributed by atoms with Gasteiger partial charge in [-0.05, 0) is 50.5 Å². The standard InChI is InChI=1S/C21H24ClN5O/c1-15-10-16(2)27(26-15)20-13-23-12-19(25-20)24-14-21(6-8-28-9-7-21)17-4-3-5-18(22)11-17/h3-5,10-13H,6-9,14H2,1-2H3,(H,24,25). The summed E-state index contributed by atoms with van der Waals surface area (Å²) in [7, 11) is 0. The highest BCUT2D eigenvalue weighted by molar-refractivity contribution is 6.30. The molecule has 1 aromatic carbocycles. The minimum absolute atomic E-state index is 0.0426. The molecule has 6 nitrogen and oxygen atoms in total. The monoisotopic (exact) mass is 397 g/mol. The number of ether oxygens (including phenoxy) is 1. The van der Waals surface area contributed by atoms with Gasteiger partial charge in [0.05, 0.1) is 18.1 Å². The highest BCUT2D eigenvalue weighted by Gasteiger charge is 2.34. The third-order valence-corrected chi connectivity index (χ3v) is 5.58. The Balaban J connectivity index is 1.58. The van der Waals surface area contributed by atoms with Crippen molar-refractivity contribution in [3.8, 4) is 5.82 Å². The number of anilines is 1. The summed E-state index contributed by atoms with van der Waals surface area (Å²) in [6.45, 7) is 6.21. The van der Waals surface area contributed by atoms with Crippen LogP contribution in [-0.4, -0.2) is 39.5 Å². The number of hydrogen-bond acceptors (Lipinski definition) is 5. The summed E-state index contributed by atoms with van der Waals surface area (Å²) < 4.78 is 7.43. The van der Waals surface area contributed by atoms with Crippen molar-refractivity contribution in [3.63, 3.8) is 0 Å². The predicted octanol–water partition coefficient (Wildman–Crippen LogP) is 4.09. The lowest BCUT2D eigenvalue weighted by molar-refractivity contribution is 0.0543. The van der Waals surface area contributed by atoms with Crippen molar-refractivity contribution in [2.45, 2.75) is 32.1 Å². The highest BCUT2D eigenvalue weighted by Crippen LogP contribution is 2.36. The zero-order chi connectivity index (χ0) is 19.6. The highest BCUT2D eigenvalue weighted by atomic mass is 35.5. The molecule has 28 heavy (non-hydrogen) atoms. The number of aromatic nitrogens is 4. The van der Waals surface area contributed by atoms with Crippen molar-refractivity contribution in [1.82, 2.24) is 19.7 Å². The molecule has 2 aromatic heterocycles. The molecule has 0 saturated carbocycles. The molecule has 0 radical (unpaired) electrons. The van der Waals surface area contributed by atoms with Gasteiger partial charge in [0.2, 0.25) is 0 Å². The molecule has 1 aliphatic rings. The number of nitrogens with one attached hydrogen (secondary N) is 1. The van der Waals surface area contributed by atoms with Gasteiger partial charge >= 0.3 is 0 Å². The van der Waals surface area contributed by atoms with Crippen LogP contribution < -0.4 is 5.32 Å². The number of hydrogen-bond donors (Lipinski definition) is 1. The van der Waals surface area contributed by atoms with Crippen molar-refractivity contribution in [2.24, 2.45) is 0 Å². The summed E-state index contributed by atoms with van der Waals surface area (Å²) in [5.74, 6) is 1.44. The number of aryl methyl sites for hydroxylation is 2. The molecule has 1 saturated heterocycles. The Bertz CT molecular complexity index is 965. The van der Waals surface area contributed by atoms with Crippen LogP contribution in [0.15, 0.2) is 42.7 Å². The average Bonchev–Trinajstić information content (AvgIpc) is 3.05. The van der Waals surface area contributed by atoms with Gasteiger partial charge in [-0.15, -0.1) is 0 Å². The molecule has 0 aliphatic carbocycles. The summed E-state index contributed by atoms with van der Waals surface area (Å²) in [6.07, 6.45) is 5.35. The van der Waals surface area contributed by atoms with Gasteiger partial charge in [-0.25, -0.2) is 9.67 Å². The van der Waals surface area contributed by atoms with Gasteiger partial charge < -0.3 is 10.1 Å². The van der Waals surface area contributed by atoms with Crippen molar-refractivity contribution >= 4 is 17.4 Å². The van der Waals surface area contributed by atoms with E-state index in [2.05, 4.69) is 27.5 Å². The molecule has 0 spiro atoms. The van der Waals surface area contributed by atoms with E-state index in [0.29, 0.717) is 5.82 Å². The normalized spacial score (nSPS) is 16.1. The Morgan fingerprint density at radius 1 is 1.18 bits per heavy atom. The second kappa shape index (κ2) is 7.89. The number of nitrogens with zero attached hydrogens (tertiary/aromatic N) is 4. The van der Waals surface area contributed by atoms with Crippen molar-refractivity contribution < 1.29 is 4.74 Å². The molecule has 1 aliphatic heterocycles. The molecule has 1 fully saturated rings. The first-order valence-corrected chi connectivity index (χ1v) is 9.87. The zero-order valence-corrected chi connectivity index (χ0v) is 16.9. The van der Waals surface area contributed by atoms with E-state index in [1.165, 1.54) is 5.56 Å². The summed E-state index contributed by atoms with van der Waals surface area (Å²) in [5.41, 5.74) is 3.18. The molecule has 0 atom stereocenters. The first-order valence-electron chi connectivity index (χ1n) is 9.49. The van der Waals surface area contributed by atoms with Crippen molar-refractivity contribution in [1.29, 1.82) is 0 Å². The van der Waals surface area contributed by atoms with E-state index in [0.717, 1.165) is 54.8 Å². The molecular formula is C21H24ClN5O. The second-order valence-electron chi connectivity index (χ2n) is 7.36. The van der Waals surface area contributed by atoms with Crippen LogP contribution in [0.2, 0.25) is 5.02 Å². The Labute approximate surface area is 169 Å². The fourth-order valence-electron chi connectivity index (χ4n) is 3.81. The number of rotatable bonds is 5. The third-order valence-electron chi connectivity index (χ3n) is 5.34. The minimum atomic E-state index is -0.0426. The Hall–Kier alpha value is -2.44. The Morgan fingerprint density at radius 3 is 2.71 bits per heavy atom. The lowest BCUT2D eigenvalue weighted by atomic mass is 9.74. The number of halogens is 1. The summed E-state index contributed by atoms with van der Waals surface area (Å²) in [4.78, 5) is 9.07. The second-order valence-corrected chi connectivity index (χ2v) is 7.79. The quantitative estimate of drug-likeness (QED) is 0.702. The van der Waals surface area contributed by atoms with E-state index in [1.807, 2.05) is 36.7 Å². The molecule has 146 valence electrons. The van der Waals surface area contributed by atoms with Crippen LogP contribution in [0.1, 0.15) is 29.8 Å². The SMILES string of the molecule is Cc1cc(C)n(-c2cncc(NCC3(c4cccc(Cl)c4)CCOCC3)n2)n1. The first kappa shape index (κ1) is 18.9. The van der Waals surface area contributed by atoms with Gasteiger partial charge in [0.25, 0.3) is 0 Å². The lowest BCUT2D eigenvalue weighted by Crippen LogP contribution is -2.40. The molecule has 0 amide bonds. The van der Waals surface area contributed by atoms with Crippen molar-refractivity contribution in [2.75, 3.05) is 25.1 Å². The van der Waals surface area contributed by atoms with Gasteiger partial charge in [-0.3, -0.25) is 4.98 Å². The van der Waals surface area contributed by atoms with Crippen LogP contribution in [-0.2, 0) is 10.2 Å². The van der Waals surface area contributed by atoms with E-state index >= 15 is 0 Å².